The molecule has 0 saturated carbocycles. The molecule has 7 heteroatoms. The van der Waals surface area contributed by atoms with Gasteiger partial charge in [0.1, 0.15) is 12.4 Å². The molecule has 114 valence electrons. The molecule has 0 fully saturated rings. The molecule has 1 heterocycles. The molecule has 1 aliphatic heterocycles. The number of amides is 1. The molecule has 0 saturated heterocycles. The Balaban J connectivity index is 2.13. The summed E-state index contributed by atoms with van der Waals surface area (Å²) in [5.41, 5.74) is 1.06. The number of fused-ring (bicyclic) bond motifs is 1. The first-order chi connectivity index (χ1) is 10.4. The number of aryl methyl sites for hydroxylation is 1. The number of sulfonamides is 1. The third-order valence-corrected chi connectivity index (χ3v) is 5.21. The van der Waals surface area contributed by atoms with Gasteiger partial charge >= 0.3 is 0 Å². The monoisotopic (exact) mass is 320 g/mol. The van der Waals surface area contributed by atoms with E-state index < -0.39 is 21.7 Å². The Labute approximate surface area is 127 Å². The summed E-state index contributed by atoms with van der Waals surface area (Å²) in [5, 5.41) is 2.63. The van der Waals surface area contributed by atoms with Crippen LogP contribution >= 0.6 is 0 Å². The molecule has 0 atom stereocenters. The molecule has 22 heavy (non-hydrogen) atoms. The molecule has 0 aromatic heterocycles. The number of carbonyl (C=O) groups is 1. The average Bonchev–Trinajstić information content (AvgIpc) is 2.49. The Kier molecular flexibility index (Phi) is 3.37. The average molecular weight is 320 g/mol. The van der Waals surface area contributed by atoms with Gasteiger partial charge in [-0.3, -0.25) is 9.10 Å². The Morgan fingerprint density at radius 3 is 2.64 bits per heavy atom. The quantitative estimate of drug-likeness (QED) is 0.923. The number of rotatable bonds is 2. The van der Waals surface area contributed by atoms with Crippen LogP contribution in [0.1, 0.15) is 5.56 Å². The highest BCUT2D eigenvalue weighted by atomic mass is 32.2. The molecule has 1 aliphatic rings. The van der Waals surface area contributed by atoms with Crippen LogP contribution in [0.2, 0.25) is 0 Å². The zero-order chi connectivity index (χ0) is 15.9. The summed E-state index contributed by atoms with van der Waals surface area (Å²) in [5.74, 6) is -0.892. The van der Waals surface area contributed by atoms with E-state index in [1.165, 1.54) is 19.1 Å². The zero-order valence-electron chi connectivity index (χ0n) is 11.7. The van der Waals surface area contributed by atoms with Crippen LogP contribution in [0.5, 0.6) is 0 Å². The van der Waals surface area contributed by atoms with Crippen molar-refractivity contribution in [1.29, 1.82) is 0 Å². The summed E-state index contributed by atoms with van der Waals surface area (Å²) in [4.78, 5) is 11.7. The Hall–Kier alpha value is -2.41. The standard InChI is InChI=1S/C15H13FN2O3S/c1-10-8-11(6-7-12(10)16)22(20,21)18-9-15(19)17-13-4-2-3-5-14(13)18/h2-8H,9H2,1H3,(H,17,19). The number of nitrogens with one attached hydrogen (secondary N) is 1. The summed E-state index contributed by atoms with van der Waals surface area (Å²) in [6, 6.07) is 10.2. The van der Waals surface area contributed by atoms with Crippen molar-refractivity contribution in [2.24, 2.45) is 0 Å². The number of nitrogens with zero attached hydrogens (tertiary/aromatic N) is 1. The maximum Gasteiger partial charge on any atom is 0.264 e. The van der Waals surface area contributed by atoms with Gasteiger partial charge in [-0.15, -0.1) is 0 Å². The Morgan fingerprint density at radius 2 is 1.91 bits per heavy atom. The lowest BCUT2D eigenvalue weighted by molar-refractivity contribution is -0.115. The van der Waals surface area contributed by atoms with E-state index >= 15 is 0 Å². The third kappa shape index (κ3) is 2.33. The second-order valence-corrected chi connectivity index (χ2v) is 6.85. The van der Waals surface area contributed by atoms with E-state index in [0.717, 1.165) is 10.4 Å². The minimum atomic E-state index is -3.94. The molecule has 1 amide bonds. The fourth-order valence-electron chi connectivity index (χ4n) is 2.32. The molecular weight excluding hydrogens is 307 g/mol. The maximum absolute atomic E-state index is 13.4. The van der Waals surface area contributed by atoms with Crippen LogP contribution in [-0.4, -0.2) is 20.9 Å². The van der Waals surface area contributed by atoms with Gasteiger partial charge in [-0.1, -0.05) is 12.1 Å². The number of hydrogen-bond donors (Lipinski definition) is 1. The number of hydrogen-bond acceptors (Lipinski definition) is 3. The van der Waals surface area contributed by atoms with Crippen molar-refractivity contribution in [1.82, 2.24) is 0 Å². The van der Waals surface area contributed by atoms with Gasteiger partial charge in [-0.2, -0.15) is 0 Å². The zero-order valence-corrected chi connectivity index (χ0v) is 12.5. The van der Waals surface area contributed by atoms with Gasteiger partial charge in [0.2, 0.25) is 5.91 Å². The van der Waals surface area contributed by atoms with Gasteiger partial charge in [0.05, 0.1) is 16.3 Å². The van der Waals surface area contributed by atoms with Crippen LogP contribution < -0.4 is 9.62 Å². The van der Waals surface area contributed by atoms with Gasteiger partial charge in [-0.25, -0.2) is 12.8 Å². The smallest absolute Gasteiger partial charge is 0.264 e. The number of anilines is 2. The van der Waals surface area contributed by atoms with Gasteiger partial charge in [0.15, 0.2) is 0 Å². The minimum Gasteiger partial charge on any atom is -0.323 e. The van der Waals surface area contributed by atoms with E-state index in [4.69, 9.17) is 0 Å². The second-order valence-electron chi connectivity index (χ2n) is 4.99. The number of carbonyl (C=O) groups excluding carboxylic acids is 1. The number of halogens is 1. The topological polar surface area (TPSA) is 66.5 Å². The van der Waals surface area contributed by atoms with E-state index in [1.54, 1.807) is 24.3 Å². The summed E-state index contributed by atoms with van der Waals surface area (Å²) in [6.07, 6.45) is 0. The first-order valence-electron chi connectivity index (χ1n) is 6.57. The molecule has 2 aromatic rings. The fraction of sp³-hybridized carbons (Fsp3) is 0.133. The largest absolute Gasteiger partial charge is 0.323 e. The van der Waals surface area contributed by atoms with Crippen LogP contribution in [0.3, 0.4) is 0 Å². The first-order valence-corrected chi connectivity index (χ1v) is 8.01. The van der Waals surface area contributed by atoms with Crippen molar-refractivity contribution >= 4 is 27.3 Å². The van der Waals surface area contributed by atoms with Crippen LogP contribution in [-0.2, 0) is 14.8 Å². The lowest BCUT2D eigenvalue weighted by atomic mass is 10.2. The molecule has 1 N–H and O–H groups in total. The summed E-state index contributed by atoms with van der Waals surface area (Å²) in [7, 11) is -3.94. The lowest BCUT2D eigenvalue weighted by Crippen LogP contribution is -2.42. The maximum atomic E-state index is 13.4. The molecule has 5 nitrogen and oxygen atoms in total. The van der Waals surface area contributed by atoms with Crippen molar-refractivity contribution in [3.8, 4) is 0 Å². The highest BCUT2D eigenvalue weighted by molar-refractivity contribution is 7.92. The molecule has 0 spiro atoms. The Morgan fingerprint density at radius 1 is 1.18 bits per heavy atom. The van der Waals surface area contributed by atoms with Crippen LogP contribution in [0.15, 0.2) is 47.4 Å². The highest BCUT2D eigenvalue weighted by Gasteiger charge is 2.32. The predicted octanol–water partition coefficient (Wildman–Crippen LogP) is 2.28. The van der Waals surface area contributed by atoms with Crippen molar-refractivity contribution in [3.63, 3.8) is 0 Å². The molecule has 0 aliphatic carbocycles. The predicted molar refractivity (Wildman–Crippen MR) is 80.7 cm³/mol. The van der Waals surface area contributed by atoms with E-state index in [-0.39, 0.29) is 17.0 Å². The van der Waals surface area contributed by atoms with Crippen molar-refractivity contribution in [3.05, 3.63) is 53.8 Å². The van der Waals surface area contributed by atoms with Gasteiger partial charge in [-0.05, 0) is 42.8 Å². The first kappa shape index (κ1) is 14.5. The number of benzene rings is 2. The van der Waals surface area contributed by atoms with E-state index in [1.807, 2.05) is 0 Å². The second kappa shape index (κ2) is 5.10. The summed E-state index contributed by atoms with van der Waals surface area (Å²) in [6.45, 7) is 1.18. The molecular formula is C15H13FN2O3S. The molecule has 2 aromatic carbocycles. The van der Waals surface area contributed by atoms with Crippen molar-refractivity contribution in [2.45, 2.75) is 11.8 Å². The summed E-state index contributed by atoms with van der Waals surface area (Å²) >= 11 is 0. The third-order valence-electron chi connectivity index (χ3n) is 3.45. The lowest BCUT2D eigenvalue weighted by Gasteiger charge is -2.30. The number of para-hydroxylation sites is 2. The fourth-order valence-corrected chi connectivity index (χ4v) is 3.85. The van der Waals surface area contributed by atoms with Gasteiger partial charge in [0.25, 0.3) is 10.0 Å². The summed E-state index contributed by atoms with van der Waals surface area (Å²) < 4.78 is 40.0. The van der Waals surface area contributed by atoms with Gasteiger partial charge < -0.3 is 5.32 Å². The van der Waals surface area contributed by atoms with Gasteiger partial charge in [0, 0.05) is 0 Å². The van der Waals surface area contributed by atoms with E-state index in [0.29, 0.717) is 11.4 Å². The molecule has 0 bridgehead atoms. The van der Waals surface area contributed by atoms with E-state index in [2.05, 4.69) is 5.32 Å². The molecule has 0 unspecified atom stereocenters. The minimum absolute atomic E-state index is 0.0455. The Bertz CT molecular complexity index is 865. The van der Waals surface area contributed by atoms with E-state index in [9.17, 15) is 17.6 Å². The van der Waals surface area contributed by atoms with Crippen LogP contribution in [0, 0.1) is 12.7 Å². The van der Waals surface area contributed by atoms with Crippen LogP contribution in [0.4, 0.5) is 15.8 Å². The molecule has 0 radical (unpaired) electrons. The van der Waals surface area contributed by atoms with Crippen molar-refractivity contribution in [2.75, 3.05) is 16.2 Å². The normalized spacial score (nSPS) is 14.5. The highest BCUT2D eigenvalue weighted by Crippen LogP contribution is 2.33. The van der Waals surface area contributed by atoms with Crippen molar-refractivity contribution < 1.29 is 17.6 Å². The van der Waals surface area contributed by atoms with Crippen LogP contribution in [0.25, 0.3) is 0 Å². The molecule has 3 rings (SSSR count). The SMILES string of the molecule is Cc1cc(S(=O)(=O)N2CC(=O)Nc3ccccc32)ccc1F.